The van der Waals surface area contributed by atoms with Crippen molar-refractivity contribution in [3.05, 3.63) is 23.3 Å². The van der Waals surface area contributed by atoms with Crippen LogP contribution in [0.15, 0.2) is 23.3 Å². The molecule has 0 aromatic carbocycles. The second-order valence-corrected chi connectivity index (χ2v) is 7.92. The van der Waals surface area contributed by atoms with Crippen LogP contribution in [-0.4, -0.2) is 7.80 Å². The fourth-order valence-electron chi connectivity index (χ4n) is 1.45. The molecule has 15 heavy (non-hydrogen) atoms. The van der Waals surface area contributed by atoms with Crippen molar-refractivity contribution in [3.63, 3.8) is 0 Å². The fraction of sp³-hybridized carbons (Fsp3) is 0.538. The van der Waals surface area contributed by atoms with E-state index in [1.807, 2.05) is 0 Å². The molecule has 0 aromatic heterocycles. The number of hydrogen-bond donors (Lipinski definition) is 0. The summed E-state index contributed by atoms with van der Waals surface area (Å²) in [5.74, 6) is 1.41. The van der Waals surface area contributed by atoms with Gasteiger partial charge in [0.25, 0.3) is 0 Å². The van der Waals surface area contributed by atoms with E-state index in [0.717, 1.165) is 0 Å². The molecular formula is C13H18W2. The Morgan fingerprint density at radius 3 is 2.33 bits per heavy atom. The van der Waals surface area contributed by atoms with E-state index in [1.54, 1.807) is 57.6 Å². The zero-order chi connectivity index (χ0) is 11.6. The van der Waals surface area contributed by atoms with Crippen LogP contribution in [0.4, 0.5) is 0 Å². The molecule has 0 fully saturated rings. The topological polar surface area (TPSA) is 0 Å². The van der Waals surface area contributed by atoms with Crippen LogP contribution < -0.4 is 0 Å². The summed E-state index contributed by atoms with van der Waals surface area (Å²) in [6.45, 7) is 9.16. The van der Waals surface area contributed by atoms with Crippen molar-refractivity contribution in [2.75, 3.05) is 0 Å². The SMILES string of the molecule is CC(C)[C](=[W])C=C1CC(C(C)C)=C[C]1=[W]. The summed E-state index contributed by atoms with van der Waals surface area (Å²) in [6, 6.07) is 0. The van der Waals surface area contributed by atoms with E-state index in [0.29, 0.717) is 11.8 Å². The van der Waals surface area contributed by atoms with Gasteiger partial charge in [0.2, 0.25) is 0 Å². The van der Waals surface area contributed by atoms with Crippen LogP contribution in [0.2, 0.25) is 0 Å². The van der Waals surface area contributed by atoms with Gasteiger partial charge < -0.3 is 0 Å². The van der Waals surface area contributed by atoms with Crippen LogP contribution in [0.5, 0.6) is 0 Å². The standard InChI is InChI=1S/C13H18.2W/c1-10(2)5-6-12-7-8-13(9-12)11(3)4;;/h6,8,10-11H,9H2,1-4H3;;. The van der Waals surface area contributed by atoms with E-state index in [1.165, 1.54) is 6.42 Å². The van der Waals surface area contributed by atoms with Crippen molar-refractivity contribution in [1.82, 2.24) is 0 Å². The minimum absolute atomic E-state index is 0.706. The van der Waals surface area contributed by atoms with E-state index < -0.39 is 0 Å². The molecule has 0 spiro atoms. The van der Waals surface area contributed by atoms with Crippen LogP contribution in [0.25, 0.3) is 0 Å². The van der Waals surface area contributed by atoms with Gasteiger partial charge in [-0.1, -0.05) is 0 Å². The molecule has 0 atom stereocenters. The van der Waals surface area contributed by atoms with Crippen molar-refractivity contribution in [2.24, 2.45) is 11.8 Å². The summed E-state index contributed by atoms with van der Waals surface area (Å²) in [4.78, 5) is 0. The van der Waals surface area contributed by atoms with Crippen molar-refractivity contribution >= 4 is 7.80 Å². The van der Waals surface area contributed by atoms with Crippen LogP contribution in [0.3, 0.4) is 0 Å². The van der Waals surface area contributed by atoms with Gasteiger partial charge in [-0.3, -0.25) is 0 Å². The van der Waals surface area contributed by atoms with Gasteiger partial charge in [-0.2, -0.15) is 0 Å². The van der Waals surface area contributed by atoms with Gasteiger partial charge in [0.1, 0.15) is 0 Å². The second-order valence-electron chi connectivity index (χ2n) is 4.64. The molecule has 1 aliphatic rings. The van der Waals surface area contributed by atoms with Crippen molar-refractivity contribution in [2.45, 2.75) is 34.1 Å². The maximum absolute atomic E-state index is 2.44. The zero-order valence-electron chi connectivity index (χ0n) is 9.83. The summed E-state index contributed by atoms with van der Waals surface area (Å²) >= 11 is 3.23. The Hall–Kier alpha value is 0.597. The summed E-state index contributed by atoms with van der Waals surface area (Å²) in [5, 5.41) is 0. The minimum atomic E-state index is 0.706. The average molecular weight is 542 g/mol. The first-order valence-electron chi connectivity index (χ1n) is 5.41. The Kier molecular flexibility index (Phi) is 5.27. The van der Waals surface area contributed by atoms with E-state index in [4.69, 9.17) is 0 Å². The van der Waals surface area contributed by atoms with E-state index in [2.05, 4.69) is 39.8 Å². The van der Waals surface area contributed by atoms with Crippen molar-refractivity contribution in [1.29, 1.82) is 0 Å². The van der Waals surface area contributed by atoms with Crippen LogP contribution in [-0.2, 0) is 38.7 Å². The predicted molar refractivity (Wildman–Crippen MR) is 60.5 cm³/mol. The molecule has 0 saturated carbocycles. The predicted octanol–water partition coefficient (Wildman–Crippen LogP) is 2.99. The van der Waals surface area contributed by atoms with Gasteiger partial charge >= 0.3 is 116 Å². The molecule has 0 nitrogen and oxygen atoms in total. The summed E-state index contributed by atoms with van der Waals surface area (Å²) in [6.07, 6.45) is 6.04. The molecule has 0 amide bonds. The maximum atomic E-state index is 2.44. The Morgan fingerprint density at radius 2 is 1.93 bits per heavy atom. The van der Waals surface area contributed by atoms with Gasteiger partial charge in [-0.05, 0) is 0 Å². The molecule has 0 saturated heterocycles. The molecule has 2 heteroatoms. The molecule has 1 rings (SSSR count). The van der Waals surface area contributed by atoms with Gasteiger partial charge in [-0.25, -0.2) is 0 Å². The van der Waals surface area contributed by atoms with Gasteiger partial charge in [0.05, 0.1) is 0 Å². The van der Waals surface area contributed by atoms with Crippen LogP contribution >= 0.6 is 0 Å². The van der Waals surface area contributed by atoms with Crippen molar-refractivity contribution < 1.29 is 38.7 Å². The molecule has 0 unspecified atom stereocenters. The van der Waals surface area contributed by atoms with E-state index in [-0.39, 0.29) is 0 Å². The number of allylic oxidation sites excluding steroid dienone is 4. The molecule has 82 valence electrons. The molecule has 0 aromatic rings. The van der Waals surface area contributed by atoms with E-state index in [9.17, 15) is 0 Å². The first-order valence-corrected chi connectivity index (χ1v) is 8.34. The molecule has 0 aliphatic heterocycles. The number of hydrogen-bond acceptors (Lipinski definition) is 0. The Bertz CT molecular complexity index is 344. The van der Waals surface area contributed by atoms with Crippen LogP contribution in [0.1, 0.15) is 34.1 Å². The average Bonchev–Trinajstić information content (AvgIpc) is 2.47. The first-order chi connectivity index (χ1) is 6.91. The van der Waals surface area contributed by atoms with Gasteiger partial charge in [-0.15, -0.1) is 0 Å². The third kappa shape index (κ3) is 3.83. The quantitative estimate of drug-likeness (QED) is 0.515. The van der Waals surface area contributed by atoms with Crippen molar-refractivity contribution in [3.8, 4) is 0 Å². The fourth-order valence-corrected chi connectivity index (χ4v) is 2.98. The Labute approximate surface area is 115 Å². The van der Waals surface area contributed by atoms with E-state index >= 15 is 0 Å². The molecule has 0 bridgehead atoms. The molecule has 1 aliphatic carbocycles. The molecule has 0 N–H and O–H groups in total. The third-order valence-corrected chi connectivity index (χ3v) is 6.14. The first kappa shape index (κ1) is 13.7. The summed E-state index contributed by atoms with van der Waals surface area (Å²) in [7, 11) is 0. The molecule has 0 radical (unpaired) electrons. The molecular weight excluding hydrogens is 524 g/mol. The zero-order valence-corrected chi connectivity index (χ0v) is 15.7. The number of rotatable bonds is 3. The third-order valence-electron chi connectivity index (χ3n) is 2.65. The summed E-state index contributed by atoms with van der Waals surface area (Å²) < 4.78 is 3.14. The van der Waals surface area contributed by atoms with Gasteiger partial charge in [0, 0.05) is 0 Å². The Morgan fingerprint density at radius 1 is 1.33 bits per heavy atom. The monoisotopic (exact) mass is 542 g/mol. The second kappa shape index (κ2) is 5.79. The summed E-state index contributed by atoms with van der Waals surface area (Å²) in [5.41, 5.74) is 3.19. The molecule has 0 heterocycles. The normalized spacial score (nSPS) is 19.2. The Balaban J connectivity index is 2.79. The van der Waals surface area contributed by atoms with Gasteiger partial charge in [0.15, 0.2) is 0 Å². The van der Waals surface area contributed by atoms with Crippen LogP contribution in [0, 0.1) is 11.8 Å².